The van der Waals surface area contributed by atoms with Crippen LogP contribution in [-0.2, 0) is 6.42 Å². The molecule has 1 atom stereocenters. The first-order valence-corrected chi connectivity index (χ1v) is 6.18. The van der Waals surface area contributed by atoms with Gasteiger partial charge in [-0.25, -0.2) is 0 Å². The largest absolute Gasteiger partial charge is 0.299 e. The van der Waals surface area contributed by atoms with Gasteiger partial charge in [0.2, 0.25) is 0 Å². The molecule has 86 valence electrons. The monoisotopic (exact) mass is 215 g/mol. The van der Waals surface area contributed by atoms with Gasteiger partial charge in [0.25, 0.3) is 0 Å². The van der Waals surface area contributed by atoms with E-state index in [0.717, 1.165) is 0 Å². The van der Waals surface area contributed by atoms with Crippen LogP contribution in [0.2, 0.25) is 0 Å². The van der Waals surface area contributed by atoms with Crippen molar-refractivity contribution in [2.45, 2.75) is 32.2 Å². The Morgan fingerprint density at radius 3 is 2.69 bits per heavy atom. The van der Waals surface area contributed by atoms with Crippen molar-refractivity contribution in [3.63, 3.8) is 0 Å². The molecule has 0 saturated heterocycles. The molecule has 0 N–H and O–H groups in total. The summed E-state index contributed by atoms with van der Waals surface area (Å²) in [6.07, 6.45) is 6.03. The predicted octanol–water partition coefficient (Wildman–Crippen LogP) is 3.27. The molecule has 1 unspecified atom stereocenters. The van der Waals surface area contributed by atoms with Gasteiger partial charge in [0.1, 0.15) is 0 Å². The van der Waals surface area contributed by atoms with Crippen LogP contribution in [-0.4, -0.2) is 24.5 Å². The fraction of sp³-hybridized carbons (Fsp3) is 0.467. The Morgan fingerprint density at radius 2 is 2.00 bits per heavy atom. The maximum Gasteiger partial charge on any atom is 0.0305 e. The number of likely N-dealkylation sites (N-methyl/N-ethyl adjacent to an activating group) is 1. The number of aryl methyl sites for hydroxylation is 1. The predicted molar refractivity (Wildman–Crippen MR) is 69.6 cm³/mol. The summed E-state index contributed by atoms with van der Waals surface area (Å²) < 4.78 is 0. The van der Waals surface area contributed by atoms with Crippen LogP contribution < -0.4 is 0 Å². The lowest BCUT2D eigenvalue weighted by atomic mass is 9.95. The highest BCUT2D eigenvalue weighted by atomic mass is 15.1. The molecule has 1 aromatic carbocycles. The van der Waals surface area contributed by atoms with E-state index in [4.69, 9.17) is 0 Å². The van der Waals surface area contributed by atoms with Gasteiger partial charge in [0, 0.05) is 12.6 Å². The van der Waals surface area contributed by atoms with Gasteiger partial charge in [0.05, 0.1) is 0 Å². The summed E-state index contributed by atoms with van der Waals surface area (Å²) in [4.78, 5) is 2.48. The van der Waals surface area contributed by atoms with E-state index in [9.17, 15) is 0 Å². The molecule has 1 nitrogen and oxygen atoms in total. The number of hydrogen-bond acceptors (Lipinski definition) is 1. The summed E-state index contributed by atoms with van der Waals surface area (Å²) in [5.41, 5.74) is 3.00. The smallest absolute Gasteiger partial charge is 0.0305 e. The average molecular weight is 215 g/mol. The minimum Gasteiger partial charge on any atom is -0.299 e. The Bertz CT molecular complexity index is 353. The van der Waals surface area contributed by atoms with Crippen LogP contribution in [0.25, 0.3) is 0 Å². The van der Waals surface area contributed by atoms with E-state index in [-0.39, 0.29) is 0 Å². The summed E-state index contributed by atoms with van der Waals surface area (Å²) in [7, 11) is 2.24. The van der Waals surface area contributed by atoms with E-state index in [1.165, 1.54) is 31.4 Å². The van der Waals surface area contributed by atoms with Gasteiger partial charge in [-0.1, -0.05) is 42.0 Å². The highest BCUT2D eigenvalue weighted by molar-refractivity contribution is 5.17. The fourth-order valence-electron chi connectivity index (χ4n) is 2.53. The second-order valence-corrected chi connectivity index (χ2v) is 4.76. The zero-order chi connectivity index (χ0) is 11.4. The molecule has 0 amide bonds. The Hall–Kier alpha value is -1.08. The molecule has 16 heavy (non-hydrogen) atoms. The van der Waals surface area contributed by atoms with Gasteiger partial charge in [-0.3, -0.25) is 4.90 Å². The summed E-state index contributed by atoms with van der Waals surface area (Å²) in [5, 5.41) is 0. The summed E-state index contributed by atoms with van der Waals surface area (Å²) in [6, 6.07) is 11.4. The number of benzene rings is 1. The Kier molecular flexibility index (Phi) is 3.79. The molecule has 0 saturated carbocycles. The molecule has 0 radical (unpaired) electrons. The van der Waals surface area contributed by atoms with Crippen LogP contribution in [0.5, 0.6) is 0 Å². The summed E-state index contributed by atoms with van der Waals surface area (Å²) in [5.74, 6) is 0. The highest BCUT2D eigenvalue weighted by Crippen LogP contribution is 2.20. The van der Waals surface area contributed by atoms with Crippen molar-refractivity contribution >= 4 is 0 Å². The van der Waals surface area contributed by atoms with Gasteiger partial charge in [-0.15, -0.1) is 0 Å². The van der Waals surface area contributed by atoms with E-state index >= 15 is 0 Å². The van der Waals surface area contributed by atoms with Crippen LogP contribution in [0.15, 0.2) is 42.0 Å². The third-order valence-corrected chi connectivity index (χ3v) is 3.56. The van der Waals surface area contributed by atoms with Crippen molar-refractivity contribution < 1.29 is 0 Å². The van der Waals surface area contributed by atoms with Crippen LogP contribution in [0, 0.1) is 0 Å². The molecule has 1 heteroatoms. The van der Waals surface area contributed by atoms with Crippen LogP contribution >= 0.6 is 0 Å². The molecular formula is C15H21N. The molecule has 1 aliphatic heterocycles. The van der Waals surface area contributed by atoms with Gasteiger partial charge < -0.3 is 0 Å². The third-order valence-electron chi connectivity index (χ3n) is 3.56. The zero-order valence-corrected chi connectivity index (χ0v) is 10.3. The van der Waals surface area contributed by atoms with Crippen molar-refractivity contribution in [2.75, 3.05) is 13.6 Å². The van der Waals surface area contributed by atoms with Crippen molar-refractivity contribution in [2.24, 2.45) is 0 Å². The minimum atomic E-state index is 0.647. The van der Waals surface area contributed by atoms with Crippen molar-refractivity contribution in [3.8, 4) is 0 Å². The zero-order valence-electron chi connectivity index (χ0n) is 10.3. The molecule has 0 bridgehead atoms. The molecular weight excluding hydrogens is 194 g/mol. The molecule has 0 spiro atoms. The van der Waals surface area contributed by atoms with Crippen molar-refractivity contribution in [1.29, 1.82) is 0 Å². The Morgan fingerprint density at radius 1 is 1.25 bits per heavy atom. The first-order chi connectivity index (χ1) is 7.77. The number of nitrogens with zero attached hydrogens (tertiary/aromatic N) is 1. The van der Waals surface area contributed by atoms with E-state index in [1.54, 1.807) is 5.57 Å². The second kappa shape index (κ2) is 5.31. The van der Waals surface area contributed by atoms with Crippen molar-refractivity contribution in [3.05, 3.63) is 47.5 Å². The molecule has 1 heterocycles. The van der Waals surface area contributed by atoms with Crippen LogP contribution in [0.4, 0.5) is 0 Å². The third kappa shape index (κ3) is 2.73. The number of rotatable bonds is 3. The average Bonchev–Trinajstić information content (AvgIpc) is 2.30. The van der Waals surface area contributed by atoms with E-state index < -0.39 is 0 Å². The van der Waals surface area contributed by atoms with Gasteiger partial charge in [-0.2, -0.15) is 0 Å². The molecule has 0 aliphatic carbocycles. The molecule has 2 rings (SSSR count). The van der Waals surface area contributed by atoms with Gasteiger partial charge in [0.15, 0.2) is 0 Å². The maximum atomic E-state index is 2.48. The lowest BCUT2D eigenvalue weighted by molar-refractivity contribution is 0.251. The van der Waals surface area contributed by atoms with Crippen molar-refractivity contribution in [1.82, 2.24) is 4.90 Å². The standard InChI is InChI=1S/C15H21N/c1-13-7-6-12-16(2)15(13)11-10-14-8-4-3-5-9-14/h3-5,7-9,15H,6,10-12H2,1-2H3. The number of hydrogen-bond donors (Lipinski definition) is 0. The maximum absolute atomic E-state index is 2.48. The molecule has 1 aromatic rings. The normalized spacial score (nSPS) is 21.9. The van der Waals surface area contributed by atoms with Gasteiger partial charge in [-0.05, 0) is 38.8 Å². The Balaban J connectivity index is 1.94. The van der Waals surface area contributed by atoms with E-state index in [2.05, 4.69) is 55.3 Å². The Labute approximate surface area is 98.8 Å². The molecule has 0 aromatic heterocycles. The van der Waals surface area contributed by atoms with E-state index in [0.29, 0.717) is 6.04 Å². The molecule has 1 aliphatic rings. The quantitative estimate of drug-likeness (QED) is 0.699. The molecule has 0 fully saturated rings. The summed E-state index contributed by atoms with van der Waals surface area (Å²) >= 11 is 0. The van der Waals surface area contributed by atoms with Crippen LogP contribution in [0.3, 0.4) is 0 Å². The lowest BCUT2D eigenvalue weighted by Crippen LogP contribution is -2.36. The first kappa shape index (κ1) is 11.4. The van der Waals surface area contributed by atoms with Gasteiger partial charge >= 0.3 is 0 Å². The fourth-order valence-corrected chi connectivity index (χ4v) is 2.53. The highest BCUT2D eigenvalue weighted by Gasteiger charge is 2.18. The second-order valence-electron chi connectivity index (χ2n) is 4.76. The SMILES string of the molecule is CC1=CCCN(C)C1CCc1ccccc1. The minimum absolute atomic E-state index is 0.647. The van der Waals surface area contributed by atoms with Crippen LogP contribution in [0.1, 0.15) is 25.3 Å². The van der Waals surface area contributed by atoms with E-state index in [1.807, 2.05) is 0 Å². The summed E-state index contributed by atoms with van der Waals surface area (Å²) in [6.45, 7) is 3.47. The first-order valence-electron chi connectivity index (χ1n) is 6.18. The topological polar surface area (TPSA) is 3.24 Å². The lowest BCUT2D eigenvalue weighted by Gasteiger charge is -2.32.